The number of amides is 2. The van der Waals surface area contributed by atoms with Crippen LogP contribution in [-0.2, 0) is 15.8 Å². The van der Waals surface area contributed by atoms with Crippen LogP contribution in [0.25, 0.3) is 0 Å². The molecule has 0 spiro atoms. The third kappa shape index (κ3) is 5.34. The van der Waals surface area contributed by atoms with Gasteiger partial charge in [0.1, 0.15) is 5.75 Å². The summed E-state index contributed by atoms with van der Waals surface area (Å²) in [4.78, 5) is 23.2. The molecule has 2 amide bonds. The fourth-order valence-corrected chi connectivity index (χ4v) is 1.78. The first-order chi connectivity index (χ1) is 11.8. The number of carbonyl (C=O) groups excluding carboxylic acids is 2. The summed E-state index contributed by atoms with van der Waals surface area (Å²) in [6.45, 7) is 0. The van der Waals surface area contributed by atoms with Crippen molar-refractivity contribution in [2.45, 2.75) is 6.18 Å². The number of carbonyl (C=O) groups is 2. The zero-order valence-corrected chi connectivity index (χ0v) is 12.5. The maximum absolute atomic E-state index is 12.6. The molecule has 0 aromatic heterocycles. The number of nitrogens with one attached hydrogen (secondary N) is 2. The lowest BCUT2D eigenvalue weighted by Crippen LogP contribution is -2.32. The van der Waals surface area contributed by atoms with Gasteiger partial charge in [0.15, 0.2) is 0 Å². The fraction of sp³-hybridized carbons (Fsp3) is 0.0625. The molecule has 130 valence electrons. The van der Waals surface area contributed by atoms with Crippen LogP contribution in [0.2, 0.25) is 0 Å². The first-order valence-corrected chi connectivity index (χ1v) is 6.86. The molecular weight excluding hydrogens is 339 g/mol. The summed E-state index contributed by atoms with van der Waals surface area (Å²) in [6, 6.07) is 9.84. The van der Waals surface area contributed by atoms with Gasteiger partial charge >= 0.3 is 18.0 Å². The average Bonchev–Trinajstić information content (AvgIpc) is 2.54. The van der Waals surface area contributed by atoms with Crippen molar-refractivity contribution in [2.75, 3.05) is 5.32 Å². The van der Waals surface area contributed by atoms with Crippen molar-refractivity contribution >= 4 is 23.7 Å². The molecule has 2 rings (SSSR count). The Labute approximate surface area is 140 Å². The minimum Gasteiger partial charge on any atom is -0.508 e. The molecule has 0 heterocycles. The molecule has 25 heavy (non-hydrogen) atoms. The Hall–Kier alpha value is -3.36. The molecule has 6 nitrogen and oxygen atoms in total. The number of benzene rings is 2. The molecule has 0 bridgehead atoms. The standard InChI is InChI=1S/C16H12F3N3O3/c17-16(18,19)11-4-2-5-12(8-11)21-14(24)15(25)22-20-9-10-3-1-6-13(23)7-10/h1-9,23H,(H,21,24)(H,22,25). The Balaban J connectivity index is 1.95. The number of phenols is 1. The Morgan fingerprint density at radius 1 is 1.04 bits per heavy atom. The summed E-state index contributed by atoms with van der Waals surface area (Å²) >= 11 is 0. The number of rotatable bonds is 3. The maximum atomic E-state index is 12.6. The van der Waals surface area contributed by atoms with E-state index in [9.17, 15) is 27.9 Å². The van der Waals surface area contributed by atoms with Crippen molar-refractivity contribution in [2.24, 2.45) is 5.10 Å². The van der Waals surface area contributed by atoms with Gasteiger partial charge in [0, 0.05) is 5.69 Å². The van der Waals surface area contributed by atoms with Gasteiger partial charge in [-0.1, -0.05) is 18.2 Å². The second-order valence-electron chi connectivity index (χ2n) is 4.83. The van der Waals surface area contributed by atoms with E-state index in [4.69, 9.17) is 0 Å². The molecule has 0 radical (unpaired) electrons. The lowest BCUT2D eigenvalue weighted by molar-refractivity contribution is -0.137. The number of alkyl halides is 3. The molecule has 9 heteroatoms. The first kappa shape index (κ1) is 18.0. The van der Waals surface area contributed by atoms with Gasteiger partial charge in [-0.05, 0) is 35.9 Å². The lowest BCUT2D eigenvalue weighted by Gasteiger charge is -2.09. The van der Waals surface area contributed by atoms with Crippen molar-refractivity contribution in [1.29, 1.82) is 0 Å². The van der Waals surface area contributed by atoms with Crippen LogP contribution in [0.15, 0.2) is 53.6 Å². The number of hydrazone groups is 1. The van der Waals surface area contributed by atoms with E-state index in [0.717, 1.165) is 12.1 Å². The Kier molecular flexibility index (Phi) is 5.38. The van der Waals surface area contributed by atoms with E-state index in [-0.39, 0.29) is 11.4 Å². The molecule has 0 aliphatic rings. The summed E-state index contributed by atoms with van der Waals surface area (Å²) in [5.41, 5.74) is 1.28. The van der Waals surface area contributed by atoms with Crippen molar-refractivity contribution < 1.29 is 27.9 Å². The largest absolute Gasteiger partial charge is 0.508 e. The summed E-state index contributed by atoms with van der Waals surface area (Å²) in [7, 11) is 0. The van der Waals surface area contributed by atoms with Gasteiger partial charge in [0.05, 0.1) is 11.8 Å². The Morgan fingerprint density at radius 2 is 1.76 bits per heavy atom. The highest BCUT2D eigenvalue weighted by Gasteiger charge is 2.30. The monoisotopic (exact) mass is 351 g/mol. The van der Waals surface area contributed by atoms with E-state index in [1.54, 1.807) is 12.1 Å². The average molecular weight is 351 g/mol. The fourth-order valence-electron chi connectivity index (χ4n) is 1.78. The number of anilines is 1. The highest BCUT2D eigenvalue weighted by atomic mass is 19.4. The van der Waals surface area contributed by atoms with Crippen molar-refractivity contribution in [3.8, 4) is 5.75 Å². The smallest absolute Gasteiger partial charge is 0.416 e. The van der Waals surface area contributed by atoms with Crippen LogP contribution in [0.3, 0.4) is 0 Å². The van der Waals surface area contributed by atoms with Crippen LogP contribution in [0.5, 0.6) is 5.75 Å². The number of nitrogens with zero attached hydrogens (tertiary/aromatic N) is 1. The third-order valence-corrected chi connectivity index (χ3v) is 2.90. The van der Waals surface area contributed by atoms with E-state index in [1.807, 2.05) is 10.7 Å². The SMILES string of the molecule is O=C(NN=Cc1cccc(O)c1)C(=O)Nc1cccc(C(F)(F)F)c1. The van der Waals surface area contributed by atoms with Gasteiger partial charge < -0.3 is 10.4 Å². The molecule has 0 saturated carbocycles. The highest BCUT2D eigenvalue weighted by molar-refractivity contribution is 6.39. The van der Waals surface area contributed by atoms with Crippen LogP contribution >= 0.6 is 0 Å². The summed E-state index contributed by atoms with van der Waals surface area (Å²) in [5, 5.41) is 14.8. The molecule has 3 N–H and O–H groups in total. The van der Waals surface area contributed by atoms with E-state index in [1.165, 1.54) is 24.4 Å². The number of phenolic OH excluding ortho intramolecular Hbond substituents is 1. The van der Waals surface area contributed by atoms with Crippen LogP contribution in [-0.4, -0.2) is 23.1 Å². The number of hydrogen-bond donors (Lipinski definition) is 3. The molecule has 0 atom stereocenters. The zero-order valence-electron chi connectivity index (χ0n) is 12.5. The number of halogens is 3. The Morgan fingerprint density at radius 3 is 2.44 bits per heavy atom. The minimum absolute atomic E-state index is 0.00225. The zero-order chi connectivity index (χ0) is 18.4. The molecule has 2 aromatic carbocycles. The van der Waals surface area contributed by atoms with Crippen LogP contribution in [0.4, 0.5) is 18.9 Å². The predicted molar refractivity (Wildman–Crippen MR) is 83.9 cm³/mol. The van der Waals surface area contributed by atoms with Crippen LogP contribution in [0, 0.1) is 0 Å². The topological polar surface area (TPSA) is 90.8 Å². The van der Waals surface area contributed by atoms with Crippen molar-refractivity contribution in [3.05, 3.63) is 59.7 Å². The molecule has 0 unspecified atom stereocenters. The van der Waals surface area contributed by atoms with Crippen molar-refractivity contribution in [1.82, 2.24) is 5.43 Å². The van der Waals surface area contributed by atoms with E-state index >= 15 is 0 Å². The van der Waals surface area contributed by atoms with E-state index in [2.05, 4.69) is 5.10 Å². The molecule has 0 saturated heterocycles. The summed E-state index contributed by atoms with van der Waals surface area (Å²) < 4.78 is 37.8. The molecule has 0 aliphatic carbocycles. The highest BCUT2D eigenvalue weighted by Crippen LogP contribution is 2.30. The minimum atomic E-state index is -4.56. The second kappa shape index (κ2) is 7.47. The number of hydrogen-bond acceptors (Lipinski definition) is 4. The van der Waals surface area contributed by atoms with E-state index in [0.29, 0.717) is 11.6 Å². The normalized spacial score (nSPS) is 11.3. The lowest BCUT2D eigenvalue weighted by atomic mass is 10.2. The number of aromatic hydroxyl groups is 1. The van der Waals surface area contributed by atoms with Gasteiger partial charge in [0.25, 0.3) is 0 Å². The van der Waals surface area contributed by atoms with Gasteiger partial charge in [-0.25, -0.2) is 5.43 Å². The summed E-state index contributed by atoms with van der Waals surface area (Å²) in [5.74, 6) is -2.33. The molecule has 0 aliphatic heterocycles. The van der Waals surface area contributed by atoms with Gasteiger partial charge in [-0.3, -0.25) is 9.59 Å². The summed E-state index contributed by atoms with van der Waals surface area (Å²) in [6.07, 6.45) is -3.37. The van der Waals surface area contributed by atoms with Crippen molar-refractivity contribution in [3.63, 3.8) is 0 Å². The second-order valence-corrected chi connectivity index (χ2v) is 4.83. The Bertz CT molecular complexity index is 820. The van der Waals surface area contributed by atoms with Gasteiger partial charge in [0.2, 0.25) is 0 Å². The van der Waals surface area contributed by atoms with Gasteiger partial charge in [-0.15, -0.1) is 0 Å². The van der Waals surface area contributed by atoms with Gasteiger partial charge in [-0.2, -0.15) is 18.3 Å². The molecular formula is C16H12F3N3O3. The first-order valence-electron chi connectivity index (χ1n) is 6.86. The van der Waals surface area contributed by atoms with Crippen LogP contribution in [0.1, 0.15) is 11.1 Å². The molecule has 2 aromatic rings. The predicted octanol–water partition coefficient (Wildman–Crippen LogP) is 2.50. The van der Waals surface area contributed by atoms with Crippen LogP contribution < -0.4 is 10.7 Å². The quantitative estimate of drug-likeness (QED) is 0.451. The molecule has 0 fully saturated rings. The third-order valence-electron chi connectivity index (χ3n) is 2.90. The maximum Gasteiger partial charge on any atom is 0.416 e. The van der Waals surface area contributed by atoms with E-state index < -0.39 is 23.6 Å².